The van der Waals surface area contributed by atoms with Crippen LogP contribution in [0.25, 0.3) is 10.9 Å². The molecular weight excluding hydrogens is 312 g/mol. The number of hydrogen-bond acceptors (Lipinski definition) is 2. The van der Waals surface area contributed by atoms with Crippen molar-refractivity contribution in [2.45, 2.75) is 39.5 Å². The van der Waals surface area contributed by atoms with Gasteiger partial charge in [0.25, 0.3) is 0 Å². The van der Waals surface area contributed by atoms with E-state index in [1.54, 1.807) is 0 Å². The largest absolute Gasteiger partial charge is 0.361 e. The fraction of sp³-hybridized carbons (Fsp3) is 0.400. The number of nitrogens with zero attached hydrogens (tertiary/aromatic N) is 2. The number of amides is 1. The summed E-state index contributed by atoms with van der Waals surface area (Å²) in [7, 11) is 1.91. The summed E-state index contributed by atoms with van der Waals surface area (Å²) in [5, 5.41) is 8.74. The first-order valence-corrected chi connectivity index (χ1v) is 8.82. The van der Waals surface area contributed by atoms with Crippen molar-refractivity contribution in [1.29, 1.82) is 0 Å². The molecule has 2 N–H and O–H groups in total. The normalized spacial score (nSPS) is 12.5. The Morgan fingerprint density at radius 2 is 2.08 bits per heavy atom. The molecule has 1 atom stereocenters. The molecule has 1 unspecified atom stereocenters. The third-order valence-electron chi connectivity index (χ3n) is 4.99. The van der Waals surface area contributed by atoms with Crippen LogP contribution in [0.1, 0.15) is 41.8 Å². The highest BCUT2D eigenvalue weighted by molar-refractivity contribution is 5.84. The number of benzene rings is 1. The molecule has 3 rings (SSSR count). The maximum atomic E-state index is 12.5. The van der Waals surface area contributed by atoms with Crippen LogP contribution in [0, 0.1) is 13.8 Å². The Morgan fingerprint density at radius 1 is 1.32 bits per heavy atom. The number of aromatic amines is 1. The van der Waals surface area contributed by atoms with Gasteiger partial charge in [-0.15, -0.1) is 0 Å². The first-order valence-electron chi connectivity index (χ1n) is 8.82. The molecule has 0 aliphatic rings. The van der Waals surface area contributed by atoms with Gasteiger partial charge in [0.05, 0.1) is 11.6 Å². The van der Waals surface area contributed by atoms with Crippen molar-refractivity contribution in [2.75, 3.05) is 6.54 Å². The van der Waals surface area contributed by atoms with E-state index in [1.807, 2.05) is 38.6 Å². The zero-order valence-electron chi connectivity index (χ0n) is 15.4. The Bertz CT molecular complexity index is 890. The first-order chi connectivity index (χ1) is 12.0. The molecule has 0 saturated heterocycles. The van der Waals surface area contributed by atoms with Crippen molar-refractivity contribution in [3.05, 3.63) is 53.0 Å². The average Bonchev–Trinajstić information content (AvgIpc) is 3.12. The standard InChI is InChI=1S/C20H26N4O/c1-13(19-14(2)23-24(4)15(19)3)20(25)21-11-7-8-16-12-22-18-10-6-5-9-17(16)18/h5-6,9-10,12-13,22H,7-8,11H2,1-4H3,(H,21,25). The molecule has 25 heavy (non-hydrogen) atoms. The fourth-order valence-corrected chi connectivity index (χ4v) is 3.53. The predicted octanol–water partition coefficient (Wildman–Crippen LogP) is 3.37. The van der Waals surface area contributed by atoms with Gasteiger partial charge in [-0.2, -0.15) is 5.10 Å². The summed E-state index contributed by atoms with van der Waals surface area (Å²) in [4.78, 5) is 15.8. The van der Waals surface area contributed by atoms with Crippen LogP contribution in [0.5, 0.6) is 0 Å². The zero-order valence-corrected chi connectivity index (χ0v) is 15.4. The number of carbonyl (C=O) groups excluding carboxylic acids is 1. The number of rotatable bonds is 6. The third kappa shape index (κ3) is 3.45. The number of fused-ring (bicyclic) bond motifs is 1. The van der Waals surface area contributed by atoms with Crippen LogP contribution >= 0.6 is 0 Å². The van der Waals surface area contributed by atoms with E-state index in [0.29, 0.717) is 6.54 Å². The second-order valence-electron chi connectivity index (χ2n) is 6.68. The lowest BCUT2D eigenvalue weighted by Gasteiger charge is -2.13. The Morgan fingerprint density at radius 3 is 2.80 bits per heavy atom. The van der Waals surface area contributed by atoms with Gasteiger partial charge in [-0.3, -0.25) is 9.48 Å². The highest BCUT2D eigenvalue weighted by Crippen LogP contribution is 2.23. The first kappa shape index (κ1) is 17.3. The highest BCUT2D eigenvalue weighted by atomic mass is 16.1. The second-order valence-corrected chi connectivity index (χ2v) is 6.68. The molecule has 0 saturated carbocycles. The molecule has 5 nitrogen and oxygen atoms in total. The topological polar surface area (TPSA) is 62.7 Å². The molecule has 0 spiro atoms. The Kier molecular flexibility index (Phi) is 4.93. The molecule has 2 heterocycles. The number of aromatic nitrogens is 3. The van der Waals surface area contributed by atoms with Crippen LogP contribution in [0.4, 0.5) is 0 Å². The van der Waals surface area contributed by atoms with Crippen molar-refractivity contribution in [1.82, 2.24) is 20.1 Å². The van der Waals surface area contributed by atoms with E-state index in [2.05, 4.69) is 39.8 Å². The number of hydrogen-bond donors (Lipinski definition) is 2. The quantitative estimate of drug-likeness (QED) is 0.677. The lowest BCUT2D eigenvalue weighted by atomic mass is 9.98. The van der Waals surface area contributed by atoms with Gasteiger partial charge >= 0.3 is 0 Å². The van der Waals surface area contributed by atoms with Crippen LogP contribution < -0.4 is 5.32 Å². The predicted molar refractivity (Wildman–Crippen MR) is 101 cm³/mol. The Balaban J connectivity index is 1.54. The lowest BCUT2D eigenvalue weighted by molar-refractivity contribution is -0.122. The van der Waals surface area contributed by atoms with E-state index in [9.17, 15) is 4.79 Å². The smallest absolute Gasteiger partial charge is 0.227 e. The van der Waals surface area contributed by atoms with E-state index in [4.69, 9.17) is 0 Å². The molecule has 0 radical (unpaired) electrons. The molecule has 5 heteroatoms. The molecule has 1 aromatic carbocycles. The number of para-hydroxylation sites is 1. The molecule has 3 aromatic rings. The van der Waals surface area contributed by atoms with E-state index >= 15 is 0 Å². The minimum atomic E-state index is -0.179. The maximum absolute atomic E-state index is 12.5. The van der Waals surface area contributed by atoms with Gasteiger partial charge in [0, 0.05) is 41.9 Å². The van der Waals surface area contributed by atoms with Crippen molar-refractivity contribution < 1.29 is 4.79 Å². The highest BCUT2D eigenvalue weighted by Gasteiger charge is 2.22. The van der Waals surface area contributed by atoms with Crippen LogP contribution in [-0.4, -0.2) is 27.2 Å². The molecule has 0 bridgehead atoms. The minimum absolute atomic E-state index is 0.0677. The molecule has 0 fully saturated rings. The van der Waals surface area contributed by atoms with Gasteiger partial charge < -0.3 is 10.3 Å². The number of nitrogens with one attached hydrogen (secondary N) is 2. The molecule has 2 aromatic heterocycles. The van der Waals surface area contributed by atoms with Gasteiger partial charge in [-0.1, -0.05) is 18.2 Å². The van der Waals surface area contributed by atoms with Crippen LogP contribution in [0.2, 0.25) is 0 Å². The van der Waals surface area contributed by atoms with E-state index in [-0.39, 0.29) is 11.8 Å². The summed E-state index contributed by atoms with van der Waals surface area (Å²) in [5.74, 6) is -0.111. The van der Waals surface area contributed by atoms with Crippen LogP contribution in [0.3, 0.4) is 0 Å². The second kappa shape index (κ2) is 7.13. The summed E-state index contributed by atoms with van der Waals surface area (Å²) in [6.07, 6.45) is 3.94. The maximum Gasteiger partial charge on any atom is 0.227 e. The van der Waals surface area contributed by atoms with Crippen LogP contribution in [-0.2, 0) is 18.3 Å². The molecule has 0 aliphatic heterocycles. The summed E-state index contributed by atoms with van der Waals surface area (Å²) < 4.78 is 1.84. The van der Waals surface area contributed by atoms with E-state index in [0.717, 1.165) is 35.3 Å². The molecule has 0 aliphatic carbocycles. The van der Waals surface area contributed by atoms with Gasteiger partial charge in [-0.25, -0.2) is 0 Å². The third-order valence-corrected chi connectivity index (χ3v) is 4.99. The van der Waals surface area contributed by atoms with Gasteiger partial charge in [-0.05, 0) is 45.2 Å². The van der Waals surface area contributed by atoms with Crippen molar-refractivity contribution in [3.63, 3.8) is 0 Å². The monoisotopic (exact) mass is 338 g/mol. The summed E-state index contributed by atoms with van der Waals surface area (Å²) in [5.41, 5.74) is 5.49. The number of carbonyl (C=O) groups is 1. The lowest BCUT2D eigenvalue weighted by Crippen LogP contribution is -2.29. The van der Waals surface area contributed by atoms with E-state index < -0.39 is 0 Å². The van der Waals surface area contributed by atoms with Gasteiger partial charge in [0.2, 0.25) is 5.91 Å². The average molecular weight is 338 g/mol. The fourth-order valence-electron chi connectivity index (χ4n) is 3.53. The van der Waals surface area contributed by atoms with Crippen LogP contribution in [0.15, 0.2) is 30.5 Å². The van der Waals surface area contributed by atoms with Gasteiger partial charge in [0.1, 0.15) is 0 Å². The van der Waals surface area contributed by atoms with Gasteiger partial charge in [0.15, 0.2) is 0 Å². The number of aryl methyl sites for hydroxylation is 3. The summed E-state index contributed by atoms with van der Waals surface area (Å²) in [6.45, 7) is 6.60. The van der Waals surface area contributed by atoms with Crippen molar-refractivity contribution in [2.24, 2.45) is 7.05 Å². The Hall–Kier alpha value is -2.56. The Labute approximate surface area is 148 Å². The SMILES string of the molecule is Cc1nn(C)c(C)c1C(C)C(=O)NCCCc1c[nH]c2ccccc12. The van der Waals surface area contributed by atoms with Crippen molar-refractivity contribution >= 4 is 16.8 Å². The van der Waals surface area contributed by atoms with E-state index in [1.165, 1.54) is 10.9 Å². The number of H-pyrrole nitrogens is 1. The molecule has 132 valence electrons. The molecule has 1 amide bonds. The summed E-state index contributed by atoms with van der Waals surface area (Å²) in [6, 6.07) is 8.31. The minimum Gasteiger partial charge on any atom is -0.361 e. The zero-order chi connectivity index (χ0) is 18.0. The van der Waals surface area contributed by atoms with Crippen molar-refractivity contribution in [3.8, 4) is 0 Å². The summed E-state index contributed by atoms with van der Waals surface area (Å²) >= 11 is 0. The molecular formula is C20H26N4O.